The Kier molecular flexibility index (Phi) is 5.03. The molecule has 0 fully saturated rings. The van der Waals surface area contributed by atoms with E-state index < -0.39 is 17.2 Å². The molecule has 1 aromatic carbocycles. The fourth-order valence-corrected chi connectivity index (χ4v) is 4.10. The Labute approximate surface area is 153 Å². The van der Waals surface area contributed by atoms with Crippen molar-refractivity contribution in [3.05, 3.63) is 41.0 Å². The first kappa shape index (κ1) is 17.8. The third kappa shape index (κ3) is 3.51. The Balaban J connectivity index is 1.93. The SMILES string of the molecule is C[C@@H](C(=O)NO)N1C(=O)C(Cc2ccc(Cl)cc2)Sc2cn(C)nc21. The number of fused-ring (bicyclic) bond motifs is 1. The second-order valence-corrected chi connectivity index (χ2v) is 7.47. The second kappa shape index (κ2) is 7.07. The molecule has 0 saturated carbocycles. The molecule has 2 amide bonds. The van der Waals surface area contributed by atoms with Gasteiger partial charge in [-0.25, -0.2) is 5.48 Å². The van der Waals surface area contributed by atoms with Gasteiger partial charge in [-0.2, -0.15) is 5.10 Å². The highest BCUT2D eigenvalue weighted by atomic mass is 35.5. The number of carbonyl (C=O) groups excluding carboxylic acids is 2. The van der Waals surface area contributed by atoms with Crippen molar-refractivity contribution >= 4 is 41.0 Å². The Morgan fingerprint density at radius 1 is 1.44 bits per heavy atom. The van der Waals surface area contributed by atoms with Crippen molar-refractivity contribution in [3.8, 4) is 0 Å². The van der Waals surface area contributed by atoms with Gasteiger partial charge in [-0.05, 0) is 31.0 Å². The minimum absolute atomic E-state index is 0.220. The largest absolute Gasteiger partial charge is 0.289 e. The summed E-state index contributed by atoms with van der Waals surface area (Å²) < 4.78 is 1.60. The van der Waals surface area contributed by atoms with Crippen LogP contribution in [0.3, 0.4) is 0 Å². The van der Waals surface area contributed by atoms with E-state index in [9.17, 15) is 9.59 Å². The fourth-order valence-electron chi connectivity index (χ4n) is 2.72. The molecule has 2 atom stereocenters. The number of nitrogens with zero attached hydrogens (tertiary/aromatic N) is 3. The third-order valence-electron chi connectivity index (χ3n) is 4.00. The molecular formula is C16H17ClN4O3S. The van der Waals surface area contributed by atoms with Crippen molar-refractivity contribution in [2.24, 2.45) is 7.05 Å². The van der Waals surface area contributed by atoms with E-state index in [0.29, 0.717) is 17.3 Å². The minimum Gasteiger partial charge on any atom is -0.289 e. The van der Waals surface area contributed by atoms with Crippen LogP contribution in [0.5, 0.6) is 0 Å². The van der Waals surface area contributed by atoms with Crippen LogP contribution < -0.4 is 10.4 Å². The Hall–Kier alpha value is -2.03. The van der Waals surface area contributed by atoms with Crippen molar-refractivity contribution in [1.29, 1.82) is 0 Å². The molecule has 2 N–H and O–H groups in total. The Morgan fingerprint density at radius 2 is 2.12 bits per heavy atom. The quantitative estimate of drug-likeness (QED) is 0.626. The van der Waals surface area contributed by atoms with Gasteiger partial charge in [0, 0.05) is 18.3 Å². The number of nitrogens with one attached hydrogen (secondary N) is 1. The molecule has 1 aromatic heterocycles. The molecule has 0 aliphatic carbocycles. The zero-order valence-corrected chi connectivity index (χ0v) is 15.2. The summed E-state index contributed by atoms with van der Waals surface area (Å²) in [6.45, 7) is 1.55. The van der Waals surface area contributed by atoms with Crippen molar-refractivity contribution in [1.82, 2.24) is 15.3 Å². The number of anilines is 1. The summed E-state index contributed by atoms with van der Waals surface area (Å²) in [5.74, 6) is -0.453. The van der Waals surface area contributed by atoms with Gasteiger partial charge in [0.05, 0.1) is 10.1 Å². The summed E-state index contributed by atoms with van der Waals surface area (Å²) in [5, 5.41) is 13.5. The lowest BCUT2D eigenvalue weighted by Crippen LogP contribution is -2.52. The monoisotopic (exact) mass is 380 g/mol. The van der Waals surface area contributed by atoms with Gasteiger partial charge < -0.3 is 0 Å². The first-order valence-electron chi connectivity index (χ1n) is 7.62. The minimum atomic E-state index is -0.875. The third-order valence-corrected chi connectivity index (χ3v) is 5.45. The summed E-state index contributed by atoms with van der Waals surface area (Å²) in [6, 6.07) is 6.44. The maximum atomic E-state index is 13.0. The zero-order chi connectivity index (χ0) is 18.1. The predicted molar refractivity (Wildman–Crippen MR) is 94.9 cm³/mol. The molecule has 3 rings (SSSR count). The standard InChI is InChI=1S/C16H17ClN4O3S/c1-9(15(22)19-24)21-14-13(8-20(2)18-14)25-12(16(21)23)7-10-3-5-11(17)6-4-10/h3-6,8-9,12,24H,7H2,1-2H3,(H,19,22)/t9-,12?/m0/s1. The van der Waals surface area contributed by atoms with E-state index in [-0.39, 0.29) is 5.91 Å². The van der Waals surface area contributed by atoms with Crippen molar-refractivity contribution < 1.29 is 14.8 Å². The van der Waals surface area contributed by atoms with E-state index in [0.717, 1.165) is 10.5 Å². The molecule has 25 heavy (non-hydrogen) atoms. The van der Waals surface area contributed by atoms with E-state index in [1.54, 1.807) is 36.3 Å². The molecule has 9 heteroatoms. The van der Waals surface area contributed by atoms with Crippen LogP contribution in [-0.4, -0.2) is 38.1 Å². The average Bonchev–Trinajstić information content (AvgIpc) is 2.96. The van der Waals surface area contributed by atoms with Crippen LogP contribution in [0.25, 0.3) is 0 Å². The first-order valence-corrected chi connectivity index (χ1v) is 8.88. The van der Waals surface area contributed by atoms with Gasteiger partial charge in [0.1, 0.15) is 6.04 Å². The van der Waals surface area contributed by atoms with E-state index in [1.165, 1.54) is 16.7 Å². The number of hydrogen-bond donors (Lipinski definition) is 2. The summed E-state index contributed by atoms with van der Waals surface area (Å²) in [7, 11) is 1.76. The van der Waals surface area contributed by atoms with Gasteiger partial charge in [-0.3, -0.25) is 24.4 Å². The van der Waals surface area contributed by atoms with E-state index >= 15 is 0 Å². The van der Waals surface area contributed by atoms with Crippen LogP contribution in [0.2, 0.25) is 5.02 Å². The highest BCUT2D eigenvalue weighted by Gasteiger charge is 2.40. The number of aromatic nitrogens is 2. The summed E-state index contributed by atoms with van der Waals surface area (Å²) in [6.07, 6.45) is 2.32. The average molecular weight is 381 g/mol. The number of thioether (sulfide) groups is 1. The lowest BCUT2D eigenvalue weighted by molar-refractivity contribution is -0.132. The number of amides is 2. The molecule has 2 aromatic rings. The summed E-state index contributed by atoms with van der Waals surface area (Å²) >= 11 is 7.33. The van der Waals surface area contributed by atoms with Gasteiger partial charge >= 0.3 is 0 Å². The van der Waals surface area contributed by atoms with Crippen molar-refractivity contribution in [2.45, 2.75) is 29.5 Å². The van der Waals surface area contributed by atoms with Crippen LogP contribution in [-0.2, 0) is 23.1 Å². The second-order valence-electron chi connectivity index (χ2n) is 5.79. The fraction of sp³-hybridized carbons (Fsp3) is 0.312. The van der Waals surface area contributed by atoms with E-state index in [1.807, 2.05) is 18.3 Å². The highest BCUT2D eigenvalue weighted by Crippen LogP contribution is 2.40. The maximum absolute atomic E-state index is 13.0. The van der Waals surface area contributed by atoms with Crippen LogP contribution >= 0.6 is 23.4 Å². The van der Waals surface area contributed by atoms with Crippen LogP contribution in [0.1, 0.15) is 12.5 Å². The Bertz CT molecular complexity index is 808. The number of hydroxylamine groups is 1. The summed E-state index contributed by atoms with van der Waals surface area (Å²) in [4.78, 5) is 27.0. The number of carbonyl (C=O) groups is 2. The Morgan fingerprint density at radius 3 is 2.76 bits per heavy atom. The van der Waals surface area contributed by atoms with Crippen LogP contribution in [0.4, 0.5) is 5.82 Å². The van der Waals surface area contributed by atoms with E-state index in [4.69, 9.17) is 16.8 Å². The molecule has 1 aliphatic heterocycles. The molecule has 0 radical (unpaired) electrons. The van der Waals surface area contributed by atoms with E-state index in [2.05, 4.69) is 5.10 Å². The lowest BCUT2D eigenvalue weighted by Gasteiger charge is -2.33. The normalized spacial score (nSPS) is 18.0. The van der Waals surface area contributed by atoms with Gasteiger partial charge in [-0.15, -0.1) is 11.8 Å². The maximum Gasteiger partial charge on any atom is 0.266 e. The lowest BCUT2D eigenvalue weighted by atomic mass is 10.1. The summed E-state index contributed by atoms with van der Waals surface area (Å²) in [5.41, 5.74) is 2.58. The molecule has 1 aliphatic rings. The molecule has 132 valence electrons. The molecule has 7 nitrogen and oxygen atoms in total. The van der Waals surface area contributed by atoms with Crippen molar-refractivity contribution in [3.63, 3.8) is 0 Å². The number of aryl methyl sites for hydroxylation is 1. The number of hydrogen-bond acceptors (Lipinski definition) is 5. The topological polar surface area (TPSA) is 87.5 Å². The van der Waals surface area contributed by atoms with Gasteiger partial charge in [-0.1, -0.05) is 23.7 Å². The molecule has 2 heterocycles. The van der Waals surface area contributed by atoms with Gasteiger partial charge in [0.25, 0.3) is 5.91 Å². The van der Waals surface area contributed by atoms with Crippen LogP contribution in [0, 0.1) is 0 Å². The molecule has 0 spiro atoms. The molecule has 0 saturated heterocycles. The molecule has 1 unspecified atom stereocenters. The first-order chi connectivity index (χ1) is 11.9. The smallest absolute Gasteiger partial charge is 0.266 e. The van der Waals surface area contributed by atoms with Gasteiger partial charge in [0.15, 0.2) is 5.82 Å². The highest BCUT2D eigenvalue weighted by molar-refractivity contribution is 8.01. The predicted octanol–water partition coefficient (Wildman–Crippen LogP) is 2.02. The zero-order valence-electron chi connectivity index (χ0n) is 13.6. The molecular weight excluding hydrogens is 364 g/mol. The number of rotatable bonds is 4. The van der Waals surface area contributed by atoms with Crippen molar-refractivity contribution in [2.75, 3.05) is 4.90 Å². The van der Waals surface area contributed by atoms with Crippen LogP contribution in [0.15, 0.2) is 35.4 Å². The molecule has 0 bridgehead atoms. The van der Waals surface area contributed by atoms with Gasteiger partial charge in [0.2, 0.25) is 5.91 Å². The number of halogens is 1. The number of benzene rings is 1.